The van der Waals surface area contributed by atoms with E-state index >= 15 is 0 Å². The molecular weight excluding hydrogens is 260 g/mol. The van der Waals surface area contributed by atoms with Gasteiger partial charge in [0.2, 0.25) is 0 Å². The van der Waals surface area contributed by atoms with Crippen LogP contribution < -0.4 is 0 Å². The molecule has 0 bridgehead atoms. The molecule has 0 N–H and O–H groups in total. The third kappa shape index (κ3) is 1.81. The van der Waals surface area contributed by atoms with Crippen LogP contribution in [-0.2, 0) is 5.41 Å². The summed E-state index contributed by atoms with van der Waals surface area (Å²) in [5.74, 6) is 0. The van der Waals surface area contributed by atoms with E-state index in [0.717, 1.165) is 0 Å². The van der Waals surface area contributed by atoms with Gasteiger partial charge in [0.15, 0.2) is 0 Å². The summed E-state index contributed by atoms with van der Waals surface area (Å²) in [5, 5.41) is 0. The Hall–Kier alpha value is -0.430. The van der Waals surface area contributed by atoms with Crippen molar-refractivity contribution in [1.29, 1.82) is 0 Å². The topological polar surface area (TPSA) is 0 Å². The zero-order valence-corrected chi connectivity index (χ0v) is 15.2. The SMILES string of the molecule is CCC1(C)c2ccccc2SC(C)(C)C(C)(C)C1(C)C. The van der Waals surface area contributed by atoms with Crippen LogP contribution in [0.5, 0.6) is 0 Å². The molecule has 1 unspecified atom stereocenters. The van der Waals surface area contributed by atoms with Crippen LogP contribution in [0.3, 0.4) is 0 Å². The number of hydrogen-bond donors (Lipinski definition) is 0. The second-order valence-corrected chi connectivity index (χ2v) is 9.71. The van der Waals surface area contributed by atoms with Crippen molar-refractivity contribution in [3.63, 3.8) is 0 Å². The molecule has 1 heterocycles. The van der Waals surface area contributed by atoms with E-state index in [1.807, 2.05) is 0 Å². The predicted molar refractivity (Wildman–Crippen MR) is 91.6 cm³/mol. The van der Waals surface area contributed by atoms with Crippen LogP contribution in [0.2, 0.25) is 0 Å². The van der Waals surface area contributed by atoms with Gasteiger partial charge in [0.25, 0.3) is 0 Å². The fourth-order valence-corrected chi connectivity index (χ4v) is 5.44. The fraction of sp³-hybridized carbons (Fsp3) is 0.684. The lowest BCUT2D eigenvalue weighted by Gasteiger charge is -2.57. The van der Waals surface area contributed by atoms with Crippen LogP contribution >= 0.6 is 11.8 Å². The molecule has 112 valence electrons. The van der Waals surface area contributed by atoms with Gasteiger partial charge in [-0.1, -0.05) is 59.7 Å². The molecular formula is C19H30S. The monoisotopic (exact) mass is 290 g/mol. The Morgan fingerprint density at radius 1 is 0.850 bits per heavy atom. The molecule has 1 aliphatic heterocycles. The van der Waals surface area contributed by atoms with E-state index in [1.165, 1.54) is 16.9 Å². The quantitative estimate of drug-likeness (QED) is 0.585. The maximum Gasteiger partial charge on any atom is 0.0207 e. The van der Waals surface area contributed by atoms with E-state index in [0.29, 0.717) is 0 Å². The van der Waals surface area contributed by atoms with Gasteiger partial charge in [-0.3, -0.25) is 0 Å². The van der Waals surface area contributed by atoms with E-state index in [2.05, 4.69) is 91.4 Å². The summed E-state index contributed by atoms with van der Waals surface area (Å²) in [4.78, 5) is 1.47. The molecule has 1 aliphatic rings. The lowest BCUT2D eigenvalue weighted by molar-refractivity contribution is -0.00255. The molecule has 0 aromatic heterocycles. The second kappa shape index (κ2) is 4.53. The van der Waals surface area contributed by atoms with Crippen molar-refractivity contribution in [3.8, 4) is 0 Å². The molecule has 20 heavy (non-hydrogen) atoms. The van der Waals surface area contributed by atoms with Gasteiger partial charge < -0.3 is 0 Å². The molecule has 0 radical (unpaired) electrons. The first-order valence-corrected chi connectivity index (χ1v) is 8.61. The van der Waals surface area contributed by atoms with Gasteiger partial charge >= 0.3 is 0 Å². The second-order valence-electron chi connectivity index (χ2n) is 8.04. The molecule has 0 fully saturated rings. The number of rotatable bonds is 1. The highest BCUT2D eigenvalue weighted by atomic mass is 32.2. The summed E-state index contributed by atoms with van der Waals surface area (Å²) in [5.41, 5.74) is 2.19. The zero-order chi connectivity index (χ0) is 15.4. The highest BCUT2D eigenvalue weighted by Gasteiger charge is 2.58. The molecule has 0 saturated heterocycles. The minimum absolute atomic E-state index is 0.202. The molecule has 1 atom stereocenters. The Kier molecular flexibility index (Phi) is 3.61. The molecule has 0 nitrogen and oxygen atoms in total. The molecule has 0 aliphatic carbocycles. The van der Waals surface area contributed by atoms with Crippen LogP contribution in [0.15, 0.2) is 29.2 Å². The van der Waals surface area contributed by atoms with Gasteiger partial charge in [-0.25, -0.2) is 0 Å². The standard InChI is InChI=1S/C19H30S/c1-9-19(8)14-12-10-11-13-15(14)20-18(6,7)16(2,3)17(19,4)5/h10-13H,9H2,1-8H3. The first-order chi connectivity index (χ1) is 9.01. The summed E-state index contributed by atoms with van der Waals surface area (Å²) in [6.45, 7) is 19.5. The van der Waals surface area contributed by atoms with Crippen LogP contribution in [0.1, 0.15) is 67.4 Å². The van der Waals surface area contributed by atoms with E-state index in [1.54, 1.807) is 0 Å². The van der Waals surface area contributed by atoms with Crippen molar-refractivity contribution in [2.45, 2.75) is 76.9 Å². The first-order valence-electron chi connectivity index (χ1n) is 7.80. The maximum absolute atomic E-state index is 2.47. The van der Waals surface area contributed by atoms with Crippen LogP contribution in [-0.4, -0.2) is 4.75 Å². The average molecular weight is 291 g/mol. The van der Waals surface area contributed by atoms with Crippen LogP contribution in [0.4, 0.5) is 0 Å². The van der Waals surface area contributed by atoms with Crippen molar-refractivity contribution in [2.75, 3.05) is 0 Å². The Morgan fingerprint density at radius 2 is 1.40 bits per heavy atom. The van der Waals surface area contributed by atoms with Crippen LogP contribution in [0, 0.1) is 10.8 Å². The number of hydrogen-bond acceptors (Lipinski definition) is 1. The predicted octanol–water partition coefficient (Wildman–Crippen LogP) is 6.29. The lowest BCUT2D eigenvalue weighted by atomic mass is 9.48. The van der Waals surface area contributed by atoms with Crippen molar-refractivity contribution in [1.82, 2.24) is 0 Å². The minimum atomic E-state index is 0.202. The highest BCUT2D eigenvalue weighted by Crippen LogP contribution is 2.65. The molecule has 1 aromatic carbocycles. The van der Waals surface area contributed by atoms with Gasteiger partial charge in [-0.15, -0.1) is 11.8 Å². The third-order valence-electron chi connectivity index (χ3n) is 7.00. The van der Waals surface area contributed by atoms with Gasteiger partial charge in [0.1, 0.15) is 0 Å². The third-order valence-corrected chi connectivity index (χ3v) is 8.60. The zero-order valence-electron chi connectivity index (χ0n) is 14.4. The Balaban J connectivity index is 2.82. The number of thioether (sulfide) groups is 1. The Bertz CT molecular complexity index is 510. The van der Waals surface area contributed by atoms with Crippen molar-refractivity contribution in [3.05, 3.63) is 29.8 Å². The maximum atomic E-state index is 2.47. The molecule has 1 heteroatoms. The normalized spacial score (nSPS) is 30.4. The summed E-state index contributed by atoms with van der Waals surface area (Å²) in [6.07, 6.45) is 1.18. The minimum Gasteiger partial charge on any atom is -0.119 e. The van der Waals surface area contributed by atoms with E-state index in [-0.39, 0.29) is 21.0 Å². The summed E-state index contributed by atoms with van der Waals surface area (Å²) < 4.78 is 0.208. The Morgan fingerprint density at radius 3 is 1.95 bits per heavy atom. The largest absolute Gasteiger partial charge is 0.119 e. The Labute approximate surface area is 129 Å². The number of fused-ring (bicyclic) bond motifs is 1. The average Bonchev–Trinajstić information content (AvgIpc) is 2.39. The van der Waals surface area contributed by atoms with Gasteiger partial charge in [0, 0.05) is 9.64 Å². The highest BCUT2D eigenvalue weighted by molar-refractivity contribution is 8.00. The lowest BCUT2D eigenvalue weighted by Crippen LogP contribution is -2.54. The van der Waals surface area contributed by atoms with Gasteiger partial charge in [-0.05, 0) is 48.1 Å². The van der Waals surface area contributed by atoms with E-state index in [4.69, 9.17) is 0 Å². The van der Waals surface area contributed by atoms with E-state index in [9.17, 15) is 0 Å². The number of benzene rings is 1. The molecule has 0 spiro atoms. The van der Waals surface area contributed by atoms with Crippen molar-refractivity contribution in [2.24, 2.45) is 10.8 Å². The van der Waals surface area contributed by atoms with Crippen LogP contribution in [0.25, 0.3) is 0 Å². The summed E-state index contributed by atoms with van der Waals surface area (Å²) in [7, 11) is 0. The molecule has 0 amide bonds. The molecule has 0 saturated carbocycles. The van der Waals surface area contributed by atoms with Gasteiger partial charge in [0.05, 0.1) is 0 Å². The van der Waals surface area contributed by atoms with Crippen molar-refractivity contribution < 1.29 is 0 Å². The molecule has 2 rings (SSSR count). The smallest absolute Gasteiger partial charge is 0.0207 e. The summed E-state index contributed by atoms with van der Waals surface area (Å²) in [6, 6.07) is 9.05. The summed E-state index contributed by atoms with van der Waals surface area (Å²) >= 11 is 2.06. The van der Waals surface area contributed by atoms with Crippen molar-refractivity contribution >= 4 is 11.8 Å². The fourth-order valence-electron chi connectivity index (χ4n) is 3.83. The molecule has 1 aromatic rings. The van der Waals surface area contributed by atoms with E-state index < -0.39 is 0 Å². The van der Waals surface area contributed by atoms with Gasteiger partial charge in [-0.2, -0.15) is 0 Å². The first kappa shape index (κ1) is 15.9.